The van der Waals surface area contributed by atoms with Crippen molar-refractivity contribution < 1.29 is 14.3 Å². The van der Waals surface area contributed by atoms with Crippen molar-refractivity contribution in [3.05, 3.63) is 30.1 Å². The first-order valence-corrected chi connectivity index (χ1v) is 5.01. The fourth-order valence-corrected chi connectivity index (χ4v) is 1.20. The lowest BCUT2D eigenvalue weighted by atomic mass is 10.3. The number of ether oxygens (including phenoxy) is 1. The van der Waals surface area contributed by atoms with E-state index < -0.39 is 5.97 Å². The first kappa shape index (κ1) is 12.2. The summed E-state index contributed by atoms with van der Waals surface area (Å²) in [5, 5.41) is 0. The number of nitrogens with zero attached hydrogens (tertiary/aromatic N) is 2. The van der Waals surface area contributed by atoms with Crippen LogP contribution in [0, 0.1) is 0 Å². The standard InChI is InChI=1S/C11H14N2O3/c1-2-16-11(15)8-13(9-14)7-10-5-3-4-6-12-10/h3-6,9H,2,7-8H2,1H3. The molecule has 0 saturated heterocycles. The average molecular weight is 222 g/mol. The van der Waals surface area contributed by atoms with Crippen LogP contribution in [0.2, 0.25) is 0 Å². The maximum Gasteiger partial charge on any atom is 0.325 e. The lowest BCUT2D eigenvalue weighted by Gasteiger charge is -2.15. The Balaban J connectivity index is 2.49. The highest BCUT2D eigenvalue weighted by atomic mass is 16.5. The van der Waals surface area contributed by atoms with Crippen molar-refractivity contribution in [2.45, 2.75) is 13.5 Å². The molecule has 0 atom stereocenters. The molecule has 5 heteroatoms. The summed E-state index contributed by atoms with van der Waals surface area (Å²) in [7, 11) is 0. The molecule has 1 aromatic heterocycles. The van der Waals surface area contributed by atoms with Crippen LogP contribution in [0.5, 0.6) is 0 Å². The van der Waals surface area contributed by atoms with Crippen LogP contribution >= 0.6 is 0 Å². The summed E-state index contributed by atoms with van der Waals surface area (Å²) in [5.41, 5.74) is 0.735. The third-order valence-corrected chi connectivity index (χ3v) is 1.88. The van der Waals surface area contributed by atoms with Gasteiger partial charge in [-0.1, -0.05) is 6.07 Å². The van der Waals surface area contributed by atoms with Crippen molar-refractivity contribution in [1.82, 2.24) is 9.88 Å². The summed E-state index contributed by atoms with van der Waals surface area (Å²) in [6.07, 6.45) is 2.26. The van der Waals surface area contributed by atoms with Gasteiger partial charge in [-0.2, -0.15) is 0 Å². The molecule has 0 radical (unpaired) electrons. The lowest BCUT2D eigenvalue weighted by Crippen LogP contribution is -2.29. The van der Waals surface area contributed by atoms with Crippen LogP contribution in [0.1, 0.15) is 12.6 Å². The van der Waals surface area contributed by atoms with Gasteiger partial charge < -0.3 is 9.64 Å². The highest BCUT2D eigenvalue weighted by Crippen LogP contribution is 1.99. The molecular formula is C11H14N2O3. The van der Waals surface area contributed by atoms with Crippen molar-refractivity contribution in [3.63, 3.8) is 0 Å². The molecule has 5 nitrogen and oxygen atoms in total. The zero-order valence-corrected chi connectivity index (χ0v) is 9.13. The zero-order chi connectivity index (χ0) is 11.8. The van der Waals surface area contributed by atoms with Crippen molar-refractivity contribution in [2.75, 3.05) is 13.2 Å². The van der Waals surface area contributed by atoms with Crippen LogP contribution in [0.25, 0.3) is 0 Å². The Morgan fingerprint density at radius 2 is 2.38 bits per heavy atom. The van der Waals surface area contributed by atoms with Crippen molar-refractivity contribution in [2.24, 2.45) is 0 Å². The molecule has 0 spiro atoms. The summed E-state index contributed by atoms with van der Waals surface area (Å²) in [5.74, 6) is -0.412. The van der Waals surface area contributed by atoms with E-state index in [2.05, 4.69) is 4.98 Å². The topological polar surface area (TPSA) is 59.5 Å². The third-order valence-electron chi connectivity index (χ3n) is 1.88. The van der Waals surface area contributed by atoms with E-state index in [1.807, 2.05) is 6.07 Å². The summed E-state index contributed by atoms with van der Waals surface area (Å²) in [6, 6.07) is 5.41. The van der Waals surface area contributed by atoms with Gasteiger partial charge in [0, 0.05) is 6.20 Å². The Morgan fingerprint density at radius 1 is 1.56 bits per heavy atom. The molecule has 0 aliphatic carbocycles. The minimum absolute atomic E-state index is 0.0477. The molecule has 86 valence electrons. The molecule has 0 saturated carbocycles. The van der Waals surface area contributed by atoms with Gasteiger partial charge in [0.2, 0.25) is 6.41 Å². The number of aromatic nitrogens is 1. The number of rotatable bonds is 6. The van der Waals surface area contributed by atoms with Gasteiger partial charge in [-0.25, -0.2) is 0 Å². The number of amides is 1. The fraction of sp³-hybridized carbons (Fsp3) is 0.364. The van der Waals surface area contributed by atoms with Gasteiger partial charge in [0.05, 0.1) is 18.8 Å². The number of carbonyl (C=O) groups is 2. The molecule has 0 fully saturated rings. The summed E-state index contributed by atoms with van der Waals surface area (Å²) in [6.45, 7) is 2.30. The van der Waals surface area contributed by atoms with E-state index in [0.29, 0.717) is 19.6 Å². The monoisotopic (exact) mass is 222 g/mol. The average Bonchev–Trinajstić information content (AvgIpc) is 2.30. The van der Waals surface area contributed by atoms with Crippen LogP contribution in [0.15, 0.2) is 24.4 Å². The van der Waals surface area contributed by atoms with Crippen molar-refractivity contribution in [1.29, 1.82) is 0 Å². The van der Waals surface area contributed by atoms with E-state index in [1.165, 1.54) is 4.90 Å². The molecule has 1 amide bonds. The van der Waals surface area contributed by atoms with Gasteiger partial charge in [0.25, 0.3) is 0 Å². The van der Waals surface area contributed by atoms with Gasteiger partial charge in [-0.3, -0.25) is 14.6 Å². The smallest absolute Gasteiger partial charge is 0.325 e. The molecule has 0 aliphatic rings. The van der Waals surface area contributed by atoms with Gasteiger partial charge in [-0.15, -0.1) is 0 Å². The van der Waals surface area contributed by atoms with Crippen LogP contribution in [0.3, 0.4) is 0 Å². The molecule has 0 aromatic carbocycles. The Hall–Kier alpha value is -1.91. The van der Waals surface area contributed by atoms with Gasteiger partial charge in [0.1, 0.15) is 6.54 Å². The predicted octanol–water partition coefficient (Wildman–Crippen LogP) is 0.603. The molecule has 1 rings (SSSR count). The molecule has 1 heterocycles. The van der Waals surface area contributed by atoms with E-state index in [4.69, 9.17) is 4.74 Å². The number of hydrogen-bond acceptors (Lipinski definition) is 4. The van der Waals surface area contributed by atoms with Gasteiger partial charge >= 0.3 is 5.97 Å². The van der Waals surface area contributed by atoms with Gasteiger partial charge in [0.15, 0.2) is 0 Å². The van der Waals surface area contributed by atoms with E-state index in [9.17, 15) is 9.59 Å². The maximum absolute atomic E-state index is 11.2. The van der Waals surface area contributed by atoms with E-state index >= 15 is 0 Å². The molecular weight excluding hydrogens is 208 g/mol. The summed E-state index contributed by atoms with van der Waals surface area (Å²) in [4.78, 5) is 27.3. The summed E-state index contributed by atoms with van der Waals surface area (Å²) >= 11 is 0. The second-order valence-electron chi connectivity index (χ2n) is 3.14. The molecule has 0 unspecified atom stereocenters. The number of pyridine rings is 1. The molecule has 16 heavy (non-hydrogen) atoms. The maximum atomic E-state index is 11.2. The van der Waals surface area contributed by atoms with Crippen LogP contribution in [-0.4, -0.2) is 35.4 Å². The van der Waals surface area contributed by atoms with E-state index in [-0.39, 0.29) is 6.54 Å². The molecule has 0 N–H and O–H groups in total. The minimum Gasteiger partial charge on any atom is -0.465 e. The summed E-state index contributed by atoms with van der Waals surface area (Å²) < 4.78 is 4.75. The largest absolute Gasteiger partial charge is 0.465 e. The molecule has 0 bridgehead atoms. The first-order valence-electron chi connectivity index (χ1n) is 5.01. The van der Waals surface area contributed by atoms with Gasteiger partial charge in [-0.05, 0) is 19.1 Å². The Kier molecular flexibility index (Phi) is 4.98. The second-order valence-corrected chi connectivity index (χ2v) is 3.14. The zero-order valence-electron chi connectivity index (χ0n) is 9.13. The first-order chi connectivity index (χ1) is 7.76. The van der Waals surface area contributed by atoms with Crippen molar-refractivity contribution >= 4 is 12.4 Å². The lowest BCUT2D eigenvalue weighted by molar-refractivity contribution is -0.146. The quantitative estimate of drug-likeness (QED) is 0.522. The van der Waals surface area contributed by atoms with E-state index in [0.717, 1.165) is 5.69 Å². The normalized spacial score (nSPS) is 9.56. The Morgan fingerprint density at radius 3 is 2.94 bits per heavy atom. The van der Waals surface area contributed by atoms with Crippen molar-refractivity contribution in [3.8, 4) is 0 Å². The van der Waals surface area contributed by atoms with Crippen LogP contribution in [0.4, 0.5) is 0 Å². The number of hydrogen-bond donors (Lipinski definition) is 0. The van der Waals surface area contributed by atoms with E-state index in [1.54, 1.807) is 25.3 Å². The number of carbonyl (C=O) groups excluding carboxylic acids is 2. The SMILES string of the molecule is CCOC(=O)CN(C=O)Cc1ccccn1. The molecule has 0 aliphatic heterocycles. The highest BCUT2D eigenvalue weighted by Gasteiger charge is 2.10. The number of esters is 1. The fourth-order valence-electron chi connectivity index (χ4n) is 1.20. The van der Waals surface area contributed by atoms with Crippen LogP contribution in [-0.2, 0) is 20.9 Å². The Bertz CT molecular complexity index is 340. The second kappa shape index (κ2) is 6.55. The molecule has 1 aromatic rings. The predicted molar refractivity (Wildman–Crippen MR) is 57.3 cm³/mol. The third kappa shape index (κ3) is 4.08. The Labute approximate surface area is 94.0 Å². The van der Waals surface area contributed by atoms with Crippen LogP contribution < -0.4 is 0 Å². The highest BCUT2D eigenvalue weighted by molar-refractivity contribution is 5.74. The minimum atomic E-state index is -0.412.